The van der Waals surface area contributed by atoms with Crippen LogP contribution in [0.25, 0.3) is 22.2 Å². The molecule has 0 saturated carbocycles. The van der Waals surface area contributed by atoms with Crippen LogP contribution in [0.1, 0.15) is 6.92 Å². The average Bonchev–Trinajstić information content (AvgIpc) is 3.32. The van der Waals surface area contributed by atoms with Crippen molar-refractivity contribution >= 4 is 39.7 Å². The molecule has 1 amide bonds. The van der Waals surface area contributed by atoms with E-state index in [0.717, 1.165) is 35.6 Å². The van der Waals surface area contributed by atoms with Gasteiger partial charge in [0.1, 0.15) is 12.1 Å². The highest BCUT2D eigenvalue weighted by Gasteiger charge is 2.19. The van der Waals surface area contributed by atoms with Crippen molar-refractivity contribution < 1.29 is 18.3 Å². The van der Waals surface area contributed by atoms with Crippen LogP contribution in [0.5, 0.6) is 5.75 Å². The zero-order chi connectivity index (χ0) is 28.8. The number of aromatic nitrogens is 4. The summed E-state index contributed by atoms with van der Waals surface area (Å²) in [5, 5.41) is 11.0. The molecule has 0 atom stereocenters. The Morgan fingerprint density at radius 3 is 2.67 bits per heavy atom. The van der Waals surface area contributed by atoms with E-state index in [9.17, 15) is 13.6 Å². The van der Waals surface area contributed by atoms with Crippen molar-refractivity contribution in [2.45, 2.75) is 13.5 Å². The van der Waals surface area contributed by atoms with Crippen LogP contribution in [0.2, 0.25) is 0 Å². The summed E-state index contributed by atoms with van der Waals surface area (Å²) < 4.78 is 33.6. The molecular formula is C28H32F2N8O2. The first kappa shape index (κ1) is 28.4. The van der Waals surface area contributed by atoms with Gasteiger partial charge in [0.2, 0.25) is 5.91 Å². The summed E-state index contributed by atoms with van der Waals surface area (Å²) in [6.45, 7) is 4.65. The fourth-order valence-corrected chi connectivity index (χ4v) is 4.10. The highest BCUT2D eigenvalue weighted by atomic mass is 19.3. The van der Waals surface area contributed by atoms with Crippen molar-refractivity contribution in [3.8, 4) is 17.0 Å². The lowest BCUT2D eigenvalue weighted by atomic mass is 10.1. The van der Waals surface area contributed by atoms with Gasteiger partial charge in [-0.15, -0.1) is 0 Å². The van der Waals surface area contributed by atoms with E-state index in [4.69, 9.17) is 4.74 Å². The first-order chi connectivity index (χ1) is 19.2. The number of benzene rings is 2. The van der Waals surface area contributed by atoms with Gasteiger partial charge in [0.25, 0.3) is 0 Å². The molecule has 40 heavy (non-hydrogen) atoms. The maximum Gasteiger partial charge on any atom is 0.387 e. The number of rotatable bonds is 12. The summed E-state index contributed by atoms with van der Waals surface area (Å²) in [5.74, 6) is -0.194. The molecule has 210 valence electrons. The molecule has 0 fully saturated rings. The average molecular weight is 551 g/mol. The first-order valence-corrected chi connectivity index (χ1v) is 12.7. The molecule has 0 aliphatic carbocycles. The molecule has 4 rings (SSSR count). The number of nitrogens with zero attached hydrogens (tertiary/aromatic N) is 6. The number of halogens is 2. The third-order valence-corrected chi connectivity index (χ3v) is 6.50. The van der Waals surface area contributed by atoms with Gasteiger partial charge >= 0.3 is 6.61 Å². The van der Waals surface area contributed by atoms with Crippen molar-refractivity contribution in [1.82, 2.24) is 24.6 Å². The van der Waals surface area contributed by atoms with Crippen LogP contribution >= 0.6 is 0 Å². The molecule has 2 N–H and O–H groups in total. The van der Waals surface area contributed by atoms with E-state index in [1.807, 2.05) is 51.2 Å². The zero-order valence-corrected chi connectivity index (χ0v) is 22.9. The van der Waals surface area contributed by atoms with Gasteiger partial charge in [-0.1, -0.05) is 19.6 Å². The van der Waals surface area contributed by atoms with E-state index < -0.39 is 12.5 Å². The number of carbonyl (C=O) groups excluding carboxylic acids is 1. The molecule has 2 aromatic heterocycles. The summed E-state index contributed by atoms with van der Waals surface area (Å²) in [5.41, 5.74) is 3.53. The van der Waals surface area contributed by atoms with Crippen LogP contribution in [0, 0.1) is 0 Å². The van der Waals surface area contributed by atoms with Gasteiger partial charge in [-0.05, 0) is 37.9 Å². The standard InChI is InChI=1S/C28H32F2N8O2/c1-6-27(39)35-21-13-22(25(40-28(29)30)15-24(21)37(4)11-10-36(3)7-2)34-26-14-20(31-17-32-26)18-8-9-23-19(12-18)16-33-38(23)5/h6,8-9,12-17,28H,1,7,10-11H2,2-5H3,(H,35,39)(H,31,32,34). The third-order valence-electron chi connectivity index (χ3n) is 6.50. The fourth-order valence-electron chi connectivity index (χ4n) is 4.10. The number of fused-ring (bicyclic) bond motifs is 1. The molecule has 0 bridgehead atoms. The highest BCUT2D eigenvalue weighted by molar-refractivity contribution is 6.02. The number of ether oxygens (including phenoxy) is 1. The Bertz CT molecular complexity index is 1510. The van der Waals surface area contributed by atoms with Crippen LogP contribution < -0.4 is 20.3 Å². The Balaban J connectivity index is 1.70. The minimum absolute atomic E-state index is 0.103. The predicted molar refractivity (Wildman–Crippen MR) is 153 cm³/mol. The minimum Gasteiger partial charge on any atom is -0.433 e. The summed E-state index contributed by atoms with van der Waals surface area (Å²) in [6, 6.07) is 10.5. The normalized spacial score (nSPS) is 11.2. The molecule has 2 heterocycles. The van der Waals surface area contributed by atoms with Gasteiger partial charge in [-0.2, -0.15) is 13.9 Å². The molecule has 0 saturated heterocycles. The molecule has 2 aromatic carbocycles. The zero-order valence-electron chi connectivity index (χ0n) is 22.9. The number of likely N-dealkylation sites (N-methyl/N-ethyl adjacent to an activating group) is 2. The Morgan fingerprint density at radius 2 is 1.95 bits per heavy atom. The van der Waals surface area contributed by atoms with Crippen LogP contribution in [-0.4, -0.2) is 70.9 Å². The van der Waals surface area contributed by atoms with Crippen LogP contribution in [0.3, 0.4) is 0 Å². The highest BCUT2D eigenvalue weighted by Crippen LogP contribution is 2.39. The molecule has 10 nitrogen and oxygen atoms in total. The Labute approximate surface area is 231 Å². The van der Waals surface area contributed by atoms with Gasteiger partial charge < -0.3 is 25.2 Å². The Morgan fingerprint density at radius 1 is 1.15 bits per heavy atom. The number of hydrogen-bond acceptors (Lipinski definition) is 8. The molecule has 0 aliphatic rings. The Hall–Kier alpha value is -4.58. The molecule has 0 aliphatic heterocycles. The lowest BCUT2D eigenvalue weighted by molar-refractivity contribution is -0.111. The lowest BCUT2D eigenvalue weighted by Crippen LogP contribution is -2.31. The SMILES string of the molecule is C=CC(=O)Nc1cc(Nc2cc(-c3ccc4c(cnn4C)c3)ncn2)c(OC(F)F)cc1N(C)CCN(C)CC. The van der Waals surface area contributed by atoms with Gasteiger partial charge in [-0.25, -0.2) is 9.97 Å². The topological polar surface area (TPSA) is 100 Å². The van der Waals surface area contributed by atoms with Crippen LogP contribution in [-0.2, 0) is 11.8 Å². The summed E-state index contributed by atoms with van der Waals surface area (Å²) in [7, 11) is 5.67. The monoisotopic (exact) mass is 550 g/mol. The summed E-state index contributed by atoms with van der Waals surface area (Å²) in [6.07, 6.45) is 4.29. The quantitative estimate of drug-likeness (QED) is 0.241. The van der Waals surface area contributed by atoms with E-state index >= 15 is 0 Å². The lowest BCUT2D eigenvalue weighted by Gasteiger charge is -2.26. The Kier molecular flexibility index (Phi) is 8.90. The maximum atomic E-state index is 13.5. The van der Waals surface area contributed by atoms with Gasteiger partial charge in [0.05, 0.1) is 34.5 Å². The number of anilines is 4. The summed E-state index contributed by atoms with van der Waals surface area (Å²) in [4.78, 5) is 24.9. The van der Waals surface area contributed by atoms with Crippen molar-refractivity contribution in [2.24, 2.45) is 7.05 Å². The predicted octanol–water partition coefficient (Wildman–Crippen LogP) is 4.89. The second-order valence-electron chi connectivity index (χ2n) is 9.21. The number of alkyl halides is 2. The third kappa shape index (κ3) is 6.70. The second-order valence-corrected chi connectivity index (χ2v) is 9.21. The van der Waals surface area contributed by atoms with E-state index in [1.54, 1.807) is 16.9 Å². The van der Waals surface area contributed by atoms with E-state index in [2.05, 4.69) is 37.2 Å². The maximum absolute atomic E-state index is 13.5. The number of carbonyl (C=O) groups is 1. The van der Waals surface area contributed by atoms with E-state index in [0.29, 0.717) is 29.4 Å². The molecule has 0 radical (unpaired) electrons. The number of aryl methyl sites for hydroxylation is 1. The van der Waals surface area contributed by atoms with E-state index in [-0.39, 0.29) is 11.4 Å². The largest absolute Gasteiger partial charge is 0.433 e. The number of hydrogen-bond donors (Lipinski definition) is 2. The van der Waals surface area contributed by atoms with Crippen molar-refractivity contribution in [1.29, 1.82) is 0 Å². The fraction of sp³-hybridized carbons (Fsp3) is 0.286. The molecule has 4 aromatic rings. The minimum atomic E-state index is -3.06. The van der Waals surface area contributed by atoms with Crippen LogP contribution in [0.15, 0.2) is 61.6 Å². The van der Waals surface area contributed by atoms with Crippen molar-refractivity contribution in [3.05, 3.63) is 61.6 Å². The number of amides is 1. The summed E-state index contributed by atoms with van der Waals surface area (Å²) >= 11 is 0. The van der Waals surface area contributed by atoms with Crippen LogP contribution in [0.4, 0.5) is 31.7 Å². The molecule has 12 heteroatoms. The molecular weight excluding hydrogens is 518 g/mol. The van der Waals surface area contributed by atoms with Gasteiger partial charge in [0.15, 0.2) is 5.75 Å². The molecule has 0 spiro atoms. The molecule has 0 unspecified atom stereocenters. The van der Waals surface area contributed by atoms with Crippen molar-refractivity contribution in [3.63, 3.8) is 0 Å². The van der Waals surface area contributed by atoms with E-state index in [1.165, 1.54) is 18.5 Å². The smallest absolute Gasteiger partial charge is 0.387 e. The van der Waals surface area contributed by atoms with Crippen molar-refractivity contribution in [2.75, 3.05) is 49.3 Å². The van der Waals surface area contributed by atoms with Gasteiger partial charge in [0, 0.05) is 50.3 Å². The second kappa shape index (κ2) is 12.5. The first-order valence-electron chi connectivity index (χ1n) is 12.7. The number of nitrogens with one attached hydrogen (secondary N) is 2. The van der Waals surface area contributed by atoms with Gasteiger partial charge in [-0.3, -0.25) is 9.48 Å².